The first-order valence-corrected chi connectivity index (χ1v) is 7.24. The summed E-state index contributed by atoms with van der Waals surface area (Å²) in [5.41, 5.74) is -1.81. The van der Waals surface area contributed by atoms with E-state index in [2.05, 4.69) is 5.10 Å². The first kappa shape index (κ1) is 16.3. The second kappa shape index (κ2) is 6.52. The molecule has 0 amide bonds. The Morgan fingerprint density at radius 3 is 2.28 bits per heavy atom. The molecule has 3 aromatic rings. The highest BCUT2D eigenvalue weighted by Crippen LogP contribution is 2.06. The Labute approximate surface area is 140 Å². The molecule has 0 aliphatic carbocycles. The van der Waals surface area contributed by atoms with E-state index in [1.165, 1.54) is 12.1 Å². The van der Waals surface area contributed by atoms with E-state index in [0.29, 0.717) is 5.56 Å². The van der Waals surface area contributed by atoms with Gasteiger partial charge in [-0.1, -0.05) is 30.3 Å². The normalized spacial score (nSPS) is 10.6. The highest BCUT2D eigenvalue weighted by Gasteiger charge is 2.19. The third kappa shape index (κ3) is 3.23. The lowest BCUT2D eigenvalue weighted by molar-refractivity contribution is 0.0684. The Bertz CT molecular complexity index is 1040. The maximum atomic E-state index is 13.1. The van der Waals surface area contributed by atoms with Gasteiger partial charge in [-0.25, -0.2) is 14.0 Å². The summed E-state index contributed by atoms with van der Waals surface area (Å²) in [4.78, 5) is 36.3. The molecule has 0 aliphatic heterocycles. The van der Waals surface area contributed by atoms with E-state index >= 15 is 0 Å². The van der Waals surface area contributed by atoms with Crippen LogP contribution in [-0.4, -0.2) is 25.4 Å². The van der Waals surface area contributed by atoms with Crippen LogP contribution in [0.15, 0.2) is 64.2 Å². The molecule has 126 valence electrons. The van der Waals surface area contributed by atoms with Crippen molar-refractivity contribution in [2.24, 2.45) is 0 Å². The van der Waals surface area contributed by atoms with Gasteiger partial charge in [-0.3, -0.25) is 9.36 Å². The van der Waals surface area contributed by atoms with Gasteiger partial charge in [-0.05, 0) is 29.8 Å². The lowest BCUT2D eigenvalue weighted by atomic mass is 10.2. The molecule has 25 heavy (non-hydrogen) atoms. The predicted molar refractivity (Wildman–Crippen MR) is 86.6 cm³/mol. The summed E-state index contributed by atoms with van der Waals surface area (Å²) in [6.07, 6.45) is 0. The molecule has 0 saturated heterocycles. The van der Waals surface area contributed by atoms with Crippen molar-refractivity contribution in [2.75, 3.05) is 0 Å². The van der Waals surface area contributed by atoms with Crippen LogP contribution in [0.3, 0.4) is 0 Å². The van der Waals surface area contributed by atoms with E-state index in [9.17, 15) is 23.9 Å². The number of nitrogens with zero attached hydrogens (tertiary/aromatic N) is 3. The van der Waals surface area contributed by atoms with E-state index in [1.54, 1.807) is 30.3 Å². The smallest absolute Gasteiger partial charge is 0.362 e. The van der Waals surface area contributed by atoms with Crippen molar-refractivity contribution in [3.8, 4) is 5.69 Å². The maximum absolute atomic E-state index is 13.1. The number of hydrogen-bond acceptors (Lipinski definition) is 4. The highest BCUT2D eigenvalue weighted by molar-refractivity contribution is 5.84. The molecule has 0 aliphatic rings. The second-order valence-electron chi connectivity index (χ2n) is 5.20. The van der Waals surface area contributed by atoms with Gasteiger partial charge in [-0.2, -0.15) is 9.78 Å². The number of carbonyl (C=O) groups is 1. The number of rotatable bonds is 4. The first-order chi connectivity index (χ1) is 12.0. The minimum Gasteiger partial charge on any atom is -0.476 e. The Hall–Kier alpha value is -3.55. The number of halogens is 1. The molecule has 7 nitrogen and oxygen atoms in total. The van der Waals surface area contributed by atoms with Gasteiger partial charge in [0.15, 0.2) is 0 Å². The zero-order valence-corrected chi connectivity index (χ0v) is 12.8. The van der Waals surface area contributed by atoms with Crippen molar-refractivity contribution >= 4 is 5.97 Å². The minimum absolute atomic E-state index is 0.109. The standard InChI is InChI=1S/C17H12FN3O4/c18-12-6-8-13(9-7-12)21-17(25)20(10-11-4-2-1-3-5-11)15(22)14(19-21)16(23)24/h1-9H,10H2,(H,23,24). The summed E-state index contributed by atoms with van der Waals surface area (Å²) >= 11 is 0. The summed E-state index contributed by atoms with van der Waals surface area (Å²) in [5, 5.41) is 12.8. The molecule has 8 heteroatoms. The molecular formula is C17H12FN3O4. The van der Waals surface area contributed by atoms with Crippen LogP contribution in [0.5, 0.6) is 0 Å². The quantitative estimate of drug-likeness (QED) is 0.771. The van der Waals surface area contributed by atoms with Gasteiger partial charge in [0.05, 0.1) is 12.2 Å². The van der Waals surface area contributed by atoms with E-state index in [1.807, 2.05) is 0 Å². The SMILES string of the molecule is O=C(O)c1nn(-c2ccc(F)cc2)c(=O)n(Cc2ccccc2)c1=O. The zero-order chi connectivity index (χ0) is 18.0. The number of hydrogen-bond donors (Lipinski definition) is 1. The summed E-state index contributed by atoms with van der Waals surface area (Å²) < 4.78 is 14.6. The van der Waals surface area contributed by atoms with Gasteiger partial charge in [-0.15, -0.1) is 0 Å². The average Bonchev–Trinajstić information content (AvgIpc) is 2.60. The molecular weight excluding hydrogens is 329 g/mol. The van der Waals surface area contributed by atoms with Crippen molar-refractivity contribution in [3.05, 3.63) is 92.5 Å². The van der Waals surface area contributed by atoms with E-state index < -0.39 is 28.7 Å². The van der Waals surface area contributed by atoms with E-state index in [-0.39, 0.29) is 12.2 Å². The fourth-order valence-electron chi connectivity index (χ4n) is 2.30. The van der Waals surface area contributed by atoms with E-state index in [4.69, 9.17) is 0 Å². The maximum Gasteiger partial charge on any atom is 0.362 e. The van der Waals surface area contributed by atoms with Crippen molar-refractivity contribution in [1.29, 1.82) is 0 Å². The zero-order valence-electron chi connectivity index (χ0n) is 12.8. The monoisotopic (exact) mass is 341 g/mol. The molecule has 3 rings (SSSR count). The number of aromatic carboxylic acids is 1. The van der Waals surface area contributed by atoms with Crippen molar-refractivity contribution in [1.82, 2.24) is 14.3 Å². The third-order valence-electron chi connectivity index (χ3n) is 3.52. The van der Waals surface area contributed by atoms with Crippen LogP contribution in [0.25, 0.3) is 5.69 Å². The fraction of sp³-hybridized carbons (Fsp3) is 0.0588. The number of carboxylic acid groups (broad SMARTS) is 1. The number of carboxylic acids is 1. The summed E-state index contributed by atoms with van der Waals surface area (Å²) in [7, 11) is 0. The van der Waals surface area contributed by atoms with Crippen LogP contribution in [-0.2, 0) is 6.54 Å². The molecule has 0 atom stereocenters. The van der Waals surface area contributed by atoms with Crippen molar-refractivity contribution in [3.63, 3.8) is 0 Å². The van der Waals surface area contributed by atoms with Crippen LogP contribution in [0, 0.1) is 5.82 Å². The molecule has 0 bridgehead atoms. The lowest BCUT2D eigenvalue weighted by Gasteiger charge is -2.10. The van der Waals surface area contributed by atoms with Crippen LogP contribution in [0.1, 0.15) is 16.1 Å². The molecule has 0 saturated carbocycles. The molecule has 1 N–H and O–H groups in total. The predicted octanol–water partition coefficient (Wildman–Crippen LogP) is 1.28. The molecule has 0 radical (unpaired) electrons. The average molecular weight is 341 g/mol. The van der Waals surface area contributed by atoms with Crippen LogP contribution < -0.4 is 11.2 Å². The fourth-order valence-corrected chi connectivity index (χ4v) is 2.30. The van der Waals surface area contributed by atoms with Crippen LogP contribution >= 0.6 is 0 Å². The molecule has 1 aromatic heterocycles. The summed E-state index contributed by atoms with van der Waals surface area (Å²) in [6, 6.07) is 13.4. The van der Waals surface area contributed by atoms with Crippen molar-refractivity contribution < 1.29 is 14.3 Å². The topological polar surface area (TPSA) is 94.2 Å². The number of aromatic nitrogens is 3. The van der Waals surface area contributed by atoms with Crippen molar-refractivity contribution in [2.45, 2.75) is 6.54 Å². The highest BCUT2D eigenvalue weighted by atomic mass is 19.1. The minimum atomic E-state index is -1.55. The Balaban J connectivity index is 2.23. The number of benzene rings is 2. The molecule has 0 spiro atoms. The lowest BCUT2D eigenvalue weighted by Crippen LogP contribution is -2.44. The van der Waals surface area contributed by atoms with Gasteiger partial charge < -0.3 is 5.11 Å². The van der Waals surface area contributed by atoms with Gasteiger partial charge in [0.2, 0.25) is 5.69 Å². The third-order valence-corrected chi connectivity index (χ3v) is 3.52. The van der Waals surface area contributed by atoms with E-state index in [0.717, 1.165) is 21.4 Å². The van der Waals surface area contributed by atoms with Gasteiger partial charge in [0, 0.05) is 0 Å². The largest absolute Gasteiger partial charge is 0.476 e. The van der Waals surface area contributed by atoms with Gasteiger partial charge in [0.1, 0.15) is 5.82 Å². The second-order valence-corrected chi connectivity index (χ2v) is 5.20. The Morgan fingerprint density at radius 2 is 1.68 bits per heavy atom. The molecule has 0 unspecified atom stereocenters. The van der Waals surface area contributed by atoms with Gasteiger partial charge >= 0.3 is 11.7 Å². The molecule has 2 aromatic carbocycles. The van der Waals surface area contributed by atoms with Crippen LogP contribution in [0.4, 0.5) is 4.39 Å². The Morgan fingerprint density at radius 1 is 1.04 bits per heavy atom. The van der Waals surface area contributed by atoms with Crippen LogP contribution in [0.2, 0.25) is 0 Å². The molecule has 1 heterocycles. The first-order valence-electron chi connectivity index (χ1n) is 7.24. The van der Waals surface area contributed by atoms with Gasteiger partial charge in [0.25, 0.3) is 5.56 Å². The Kier molecular flexibility index (Phi) is 4.25. The summed E-state index contributed by atoms with van der Waals surface area (Å²) in [5.74, 6) is -2.07. The molecule has 0 fully saturated rings. The summed E-state index contributed by atoms with van der Waals surface area (Å²) in [6.45, 7) is -0.109.